The summed E-state index contributed by atoms with van der Waals surface area (Å²) in [6.07, 6.45) is 4.18. The third-order valence-electron chi connectivity index (χ3n) is 5.21. The number of fused-ring (bicyclic) bond motifs is 1. The second kappa shape index (κ2) is 7.95. The molecule has 1 aliphatic rings. The van der Waals surface area contributed by atoms with Gasteiger partial charge in [-0.2, -0.15) is 5.10 Å². The smallest absolute Gasteiger partial charge is 0.177 e. The van der Waals surface area contributed by atoms with Crippen molar-refractivity contribution < 1.29 is 9.84 Å². The van der Waals surface area contributed by atoms with Crippen molar-refractivity contribution in [3.05, 3.63) is 52.9 Å². The number of hydrogen-bond donors (Lipinski definition) is 2. The summed E-state index contributed by atoms with van der Waals surface area (Å²) in [5.41, 5.74) is 3.22. The molecule has 0 radical (unpaired) electrons. The number of nitrogens with zero attached hydrogens (tertiary/aromatic N) is 4. The van der Waals surface area contributed by atoms with Gasteiger partial charge in [0.05, 0.1) is 19.0 Å². The molecule has 28 heavy (non-hydrogen) atoms. The van der Waals surface area contributed by atoms with Gasteiger partial charge in [0.15, 0.2) is 10.8 Å². The number of hydrogen-bond acceptors (Lipinski definition) is 6. The number of halogens is 1. The molecule has 0 bridgehead atoms. The predicted molar refractivity (Wildman–Crippen MR) is 109 cm³/mol. The Morgan fingerprint density at radius 3 is 2.75 bits per heavy atom. The summed E-state index contributed by atoms with van der Waals surface area (Å²) in [5, 5.41) is 18.5. The molecule has 2 heterocycles. The minimum atomic E-state index is -0.828. The largest absolute Gasteiger partial charge is 0.497 e. The molecule has 1 atom stereocenters. The van der Waals surface area contributed by atoms with Crippen LogP contribution < -0.4 is 15.0 Å². The first-order chi connectivity index (χ1) is 13.5. The first kappa shape index (κ1) is 19.0. The fourth-order valence-corrected chi connectivity index (χ4v) is 3.56. The first-order valence-corrected chi connectivity index (χ1v) is 9.75. The zero-order chi connectivity index (χ0) is 19.7. The summed E-state index contributed by atoms with van der Waals surface area (Å²) in [7, 11) is 3.63. The van der Waals surface area contributed by atoms with Crippen LogP contribution in [0.15, 0.2) is 36.5 Å². The van der Waals surface area contributed by atoms with Gasteiger partial charge in [0.2, 0.25) is 0 Å². The molecule has 4 rings (SSSR count). The van der Waals surface area contributed by atoms with Crippen molar-refractivity contribution in [3.8, 4) is 5.75 Å². The second-order valence-corrected chi connectivity index (χ2v) is 7.56. The molecule has 1 aliphatic carbocycles. The zero-order valence-electron chi connectivity index (χ0n) is 16.0. The van der Waals surface area contributed by atoms with Gasteiger partial charge in [0, 0.05) is 25.7 Å². The fraction of sp³-hybridized carbons (Fsp3) is 0.400. The third kappa shape index (κ3) is 3.78. The summed E-state index contributed by atoms with van der Waals surface area (Å²) in [6, 6.07) is 10.1. The number of aliphatic hydroxyl groups excluding tert-OH is 1. The van der Waals surface area contributed by atoms with Gasteiger partial charge in [0.1, 0.15) is 17.7 Å². The number of aromatic nitrogens is 3. The topological polar surface area (TPSA) is 74.9 Å². The quantitative estimate of drug-likeness (QED) is 0.592. The number of benzene rings is 1. The molecule has 7 nitrogen and oxygen atoms in total. The van der Waals surface area contributed by atoms with Crippen LogP contribution in [0.25, 0.3) is 5.65 Å². The van der Waals surface area contributed by atoms with E-state index in [0.717, 1.165) is 29.8 Å². The van der Waals surface area contributed by atoms with Crippen LogP contribution in [0.2, 0.25) is 5.15 Å². The average Bonchev–Trinajstić information content (AvgIpc) is 3.08. The molecule has 0 spiro atoms. The van der Waals surface area contributed by atoms with E-state index in [-0.39, 0.29) is 0 Å². The van der Waals surface area contributed by atoms with E-state index in [2.05, 4.69) is 20.3 Å². The Hall–Kier alpha value is -2.35. The van der Waals surface area contributed by atoms with Gasteiger partial charge in [0.25, 0.3) is 0 Å². The van der Waals surface area contributed by atoms with Crippen LogP contribution in [-0.4, -0.2) is 39.9 Å². The maximum atomic E-state index is 10.6. The highest BCUT2D eigenvalue weighted by Crippen LogP contribution is 2.27. The summed E-state index contributed by atoms with van der Waals surface area (Å²) in [6.45, 7) is 0.672. The number of aliphatic hydroxyl groups is 1. The Kier molecular flexibility index (Phi) is 5.39. The van der Waals surface area contributed by atoms with E-state index in [9.17, 15) is 5.11 Å². The van der Waals surface area contributed by atoms with Crippen LogP contribution in [0.3, 0.4) is 0 Å². The van der Waals surface area contributed by atoms with E-state index >= 15 is 0 Å². The number of imidazole rings is 1. The van der Waals surface area contributed by atoms with E-state index in [4.69, 9.17) is 16.3 Å². The van der Waals surface area contributed by atoms with Crippen molar-refractivity contribution >= 4 is 22.9 Å². The Morgan fingerprint density at radius 1 is 1.36 bits per heavy atom. The van der Waals surface area contributed by atoms with Crippen molar-refractivity contribution in [2.45, 2.75) is 38.1 Å². The minimum absolute atomic E-state index is 0.344. The molecule has 2 N–H and O–H groups in total. The van der Waals surface area contributed by atoms with Crippen molar-refractivity contribution in [2.75, 3.05) is 19.1 Å². The molecule has 2 aromatic heterocycles. The van der Waals surface area contributed by atoms with E-state index in [0.29, 0.717) is 29.1 Å². The van der Waals surface area contributed by atoms with Gasteiger partial charge < -0.3 is 14.7 Å². The lowest BCUT2D eigenvalue weighted by Crippen LogP contribution is -2.38. The van der Waals surface area contributed by atoms with Crippen molar-refractivity contribution in [2.24, 2.45) is 0 Å². The molecule has 0 aliphatic heterocycles. The summed E-state index contributed by atoms with van der Waals surface area (Å²) in [5.74, 6) is 0.826. The zero-order valence-corrected chi connectivity index (χ0v) is 16.7. The molecule has 1 saturated carbocycles. The van der Waals surface area contributed by atoms with Gasteiger partial charge in [-0.1, -0.05) is 30.2 Å². The fourth-order valence-electron chi connectivity index (χ4n) is 3.38. The maximum absolute atomic E-state index is 10.6. The van der Waals surface area contributed by atoms with Crippen LogP contribution in [0.4, 0.5) is 5.69 Å². The highest BCUT2D eigenvalue weighted by Gasteiger charge is 2.24. The normalized spacial score (nSPS) is 15.4. The van der Waals surface area contributed by atoms with Crippen LogP contribution >= 0.6 is 11.6 Å². The Balaban J connectivity index is 1.60. The van der Waals surface area contributed by atoms with Crippen LogP contribution in [0, 0.1) is 0 Å². The highest BCUT2D eigenvalue weighted by atomic mass is 35.5. The molecule has 1 aromatic carbocycles. The molecular weight excluding hydrogens is 378 g/mol. The molecule has 1 unspecified atom stereocenters. The lowest BCUT2D eigenvalue weighted by molar-refractivity contribution is 0.0991. The van der Waals surface area contributed by atoms with Gasteiger partial charge >= 0.3 is 0 Å². The monoisotopic (exact) mass is 401 g/mol. The standard InChI is InChI=1S/C20H24ClN5O2/c1-25(12-13-6-8-15(28-2)9-7-13)16-10-18(21)24-26-17(11-22-19(16)26)20(27)23-14-4-3-5-14/h6-11,14,20,23,27H,3-5,12H2,1-2H3. The Labute approximate surface area is 168 Å². The number of anilines is 1. The Bertz CT molecular complexity index is 955. The maximum Gasteiger partial charge on any atom is 0.177 e. The molecule has 8 heteroatoms. The van der Waals surface area contributed by atoms with Gasteiger partial charge in [-0.05, 0) is 30.5 Å². The molecule has 148 valence electrons. The summed E-state index contributed by atoms with van der Waals surface area (Å²) in [4.78, 5) is 6.56. The van der Waals surface area contributed by atoms with Gasteiger partial charge in [-0.15, -0.1) is 0 Å². The SMILES string of the molecule is COc1ccc(CN(C)c2cc(Cl)nn3c(C(O)NC4CCC4)cnc23)cc1. The molecule has 3 aromatic rings. The summed E-state index contributed by atoms with van der Waals surface area (Å²) < 4.78 is 6.84. The lowest BCUT2D eigenvalue weighted by atomic mass is 9.93. The number of nitrogens with one attached hydrogen (secondary N) is 1. The van der Waals surface area contributed by atoms with E-state index < -0.39 is 6.23 Å². The van der Waals surface area contributed by atoms with E-state index in [1.165, 1.54) is 6.42 Å². The Morgan fingerprint density at radius 2 is 2.11 bits per heavy atom. The van der Waals surface area contributed by atoms with Crippen LogP contribution in [-0.2, 0) is 6.54 Å². The van der Waals surface area contributed by atoms with Gasteiger partial charge in [-0.25, -0.2) is 9.50 Å². The van der Waals surface area contributed by atoms with Crippen molar-refractivity contribution in [1.82, 2.24) is 19.9 Å². The number of rotatable bonds is 7. The average molecular weight is 402 g/mol. The second-order valence-electron chi connectivity index (χ2n) is 7.17. The number of methoxy groups -OCH3 is 1. The highest BCUT2D eigenvalue weighted by molar-refractivity contribution is 6.29. The lowest BCUT2D eigenvalue weighted by Gasteiger charge is -2.29. The van der Waals surface area contributed by atoms with Crippen molar-refractivity contribution in [1.29, 1.82) is 0 Å². The molecule has 0 saturated heterocycles. The van der Waals surface area contributed by atoms with E-state index in [1.807, 2.05) is 31.3 Å². The minimum Gasteiger partial charge on any atom is -0.497 e. The third-order valence-corrected chi connectivity index (χ3v) is 5.40. The molecular formula is C20H24ClN5O2. The van der Waals surface area contributed by atoms with Crippen molar-refractivity contribution in [3.63, 3.8) is 0 Å². The number of ether oxygens (including phenoxy) is 1. The molecule has 1 fully saturated rings. The van der Waals surface area contributed by atoms with Crippen LogP contribution in [0.5, 0.6) is 5.75 Å². The predicted octanol–water partition coefficient (Wildman–Crippen LogP) is 3.16. The van der Waals surface area contributed by atoms with Crippen LogP contribution in [0.1, 0.15) is 36.7 Å². The molecule has 0 amide bonds. The van der Waals surface area contributed by atoms with Gasteiger partial charge in [-0.3, -0.25) is 5.32 Å². The first-order valence-electron chi connectivity index (χ1n) is 9.37. The summed E-state index contributed by atoms with van der Waals surface area (Å²) >= 11 is 6.28. The van der Waals surface area contributed by atoms with E-state index in [1.54, 1.807) is 23.9 Å².